The molecule has 0 aliphatic heterocycles. The van der Waals surface area contributed by atoms with Crippen molar-refractivity contribution in [3.05, 3.63) is 15.3 Å². The van der Waals surface area contributed by atoms with Crippen LogP contribution in [-0.4, -0.2) is 23.7 Å². The number of amides is 1. The number of rotatable bonds is 5. The van der Waals surface area contributed by atoms with Crippen LogP contribution in [0.3, 0.4) is 0 Å². The Morgan fingerprint density at radius 3 is 2.70 bits per heavy atom. The van der Waals surface area contributed by atoms with E-state index in [0.29, 0.717) is 12.5 Å². The van der Waals surface area contributed by atoms with Crippen molar-refractivity contribution in [2.24, 2.45) is 0 Å². The van der Waals surface area contributed by atoms with E-state index in [1.54, 1.807) is 30.2 Å². The molecule has 0 radical (unpaired) electrons. The van der Waals surface area contributed by atoms with E-state index in [0.717, 1.165) is 22.6 Å². The predicted molar refractivity (Wildman–Crippen MR) is 93.0 cm³/mol. The average Bonchev–Trinajstić information content (AvgIpc) is 2.92. The largest absolute Gasteiger partial charge is 0.345 e. The van der Waals surface area contributed by atoms with Gasteiger partial charge in [-0.25, -0.2) is 4.39 Å². The van der Waals surface area contributed by atoms with Crippen molar-refractivity contribution >= 4 is 29.2 Å². The molecule has 2 saturated carbocycles. The highest BCUT2D eigenvalue weighted by Crippen LogP contribution is 2.42. The highest BCUT2D eigenvalue weighted by Gasteiger charge is 2.52. The molecule has 1 aromatic rings. The first kappa shape index (κ1) is 15.9. The van der Waals surface area contributed by atoms with E-state index in [2.05, 4.69) is 10.0 Å². The second-order valence-electron chi connectivity index (χ2n) is 7.23. The summed E-state index contributed by atoms with van der Waals surface area (Å²) in [6, 6.07) is 0.263. The number of thiophene rings is 1. The van der Waals surface area contributed by atoms with Gasteiger partial charge in [0.05, 0.1) is 6.04 Å². The van der Waals surface area contributed by atoms with Gasteiger partial charge in [-0.15, -0.1) is 11.3 Å². The number of hydrogen-bond acceptors (Lipinski definition) is 4. The van der Waals surface area contributed by atoms with Gasteiger partial charge < -0.3 is 5.32 Å². The molecule has 6 heteroatoms. The molecule has 4 rings (SSSR count). The molecule has 3 aliphatic rings. The first-order valence-corrected chi connectivity index (χ1v) is 10.2. The van der Waals surface area contributed by atoms with Crippen LogP contribution in [-0.2, 0) is 12.8 Å². The van der Waals surface area contributed by atoms with Gasteiger partial charge in [-0.05, 0) is 63.0 Å². The lowest BCUT2D eigenvalue weighted by atomic mass is 9.94. The molecule has 3 aliphatic carbocycles. The van der Waals surface area contributed by atoms with Gasteiger partial charge in [0.1, 0.15) is 10.5 Å². The molecule has 23 heavy (non-hydrogen) atoms. The Labute approximate surface area is 144 Å². The molecule has 2 atom stereocenters. The van der Waals surface area contributed by atoms with Crippen molar-refractivity contribution in [2.45, 2.75) is 80.9 Å². The van der Waals surface area contributed by atoms with Crippen LogP contribution in [0.25, 0.3) is 0 Å². The Bertz CT molecular complexity index is 624. The first-order chi connectivity index (χ1) is 11.0. The lowest BCUT2D eigenvalue weighted by molar-refractivity contribution is 0.0943. The van der Waals surface area contributed by atoms with Crippen molar-refractivity contribution < 1.29 is 9.18 Å². The van der Waals surface area contributed by atoms with E-state index in [1.807, 2.05) is 0 Å². The van der Waals surface area contributed by atoms with Crippen molar-refractivity contribution in [2.75, 3.05) is 0 Å². The van der Waals surface area contributed by atoms with Gasteiger partial charge in [-0.3, -0.25) is 9.52 Å². The van der Waals surface area contributed by atoms with E-state index in [-0.39, 0.29) is 11.9 Å². The fraction of sp³-hybridized carbons (Fsp3) is 0.706. The summed E-state index contributed by atoms with van der Waals surface area (Å²) in [5.74, 6) is -0.0892. The van der Waals surface area contributed by atoms with Crippen LogP contribution in [0.1, 0.15) is 65.6 Å². The molecule has 0 spiro atoms. The normalized spacial score (nSPS) is 29.7. The average molecular weight is 355 g/mol. The van der Waals surface area contributed by atoms with Gasteiger partial charge >= 0.3 is 0 Å². The lowest BCUT2D eigenvalue weighted by Crippen LogP contribution is -2.31. The minimum Gasteiger partial charge on any atom is -0.345 e. The first-order valence-electron chi connectivity index (χ1n) is 8.61. The third-order valence-electron chi connectivity index (χ3n) is 5.24. The third kappa shape index (κ3) is 3.17. The van der Waals surface area contributed by atoms with E-state index >= 15 is 0 Å². The fourth-order valence-electron chi connectivity index (χ4n) is 3.23. The minimum atomic E-state index is -1.22. The van der Waals surface area contributed by atoms with Crippen molar-refractivity contribution in [1.82, 2.24) is 10.0 Å². The highest BCUT2D eigenvalue weighted by molar-refractivity contribution is 7.97. The van der Waals surface area contributed by atoms with E-state index in [9.17, 15) is 9.18 Å². The van der Waals surface area contributed by atoms with E-state index in [1.165, 1.54) is 42.5 Å². The van der Waals surface area contributed by atoms with Gasteiger partial charge in [-0.1, -0.05) is 6.42 Å². The molecule has 1 amide bonds. The number of halogens is 1. The van der Waals surface area contributed by atoms with Gasteiger partial charge in [0.15, 0.2) is 0 Å². The summed E-state index contributed by atoms with van der Waals surface area (Å²) in [6.07, 6.45) is 8.74. The monoisotopic (exact) mass is 354 g/mol. The SMILES string of the molecule is CC1(F)CC1NC(=O)c1sc2c(c1SNC1CCC1)CCCC2. The van der Waals surface area contributed by atoms with Gasteiger partial charge in [0, 0.05) is 22.2 Å². The van der Waals surface area contributed by atoms with Crippen molar-refractivity contribution in [1.29, 1.82) is 0 Å². The molecular formula is C17H23FN2OS2. The predicted octanol–water partition coefficient (Wildman–Crippen LogP) is 4.01. The van der Waals surface area contributed by atoms with Gasteiger partial charge in [-0.2, -0.15) is 0 Å². The molecular weight excluding hydrogens is 331 g/mol. The van der Waals surface area contributed by atoms with Crippen molar-refractivity contribution in [3.63, 3.8) is 0 Å². The zero-order chi connectivity index (χ0) is 16.0. The van der Waals surface area contributed by atoms with Gasteiger partial charge in [0.2, 0.25) is 0 Å². The molecule has 1 heterocycles. The number of carbonyl (C=O) groups excluding carboxylic acids is 1. The summed E-state index contributed by atoms with van der Waals surface area (Å²) in [5.41, 5.74) is 0.145. The fourth-order valence-corrected chi connectivity index (χ4v) is 5.78. The van der Waals surface area contributed by atoms with Crippen LogP contribution in [0.2, 0.25) is 0 Å². The summed E-state index contributed by atoms with van der Waals surface area (Å²) < 4.78 is 17.3. The maximum absolute atomic E-state index is 13.7. The summed E-state index contributed by atoms with van der Waals surface area (Å²) >= 11 is 3.26. The number of fused-ring (bicyclic) bond motifs is 1. The standard InChI is InChI=1S/C17H23FN2OS2/c1-17(18)9-13(17)19-16(21)15-14(23-20-10-5-4-6-10)11-7-2-3-8-12(11)22-15/h10,13,20H,2-9H2,1H3,(H,19,21). The Morgan fingerprint density at radius 1 is 1.30 bits per heavy atom. The van der Waals surface area contributed by atoms with Crippen LogP contribution in [0.5, 0.6) is 0 Å². The van der Waals surface area contributed by atoms with Crippen LogP contribution in [0, 0.1) is 0 Å². The number of nitrogens with one attached hydrogen (secondary N) is 2. The molecule has 0 saturated heterocycles. The number of hydrogen-bond donors (Lipinski definition) is 2. The van der Waals surface area contributed by atoms with E-state index < -0.39 is 5.67 Å². The summed E-state index contributed by atoms with van der Waals surface area (Å²) in [7, 11) is 0. The quantitative estimate of drug-likeness (QED) is 0.785. The zero-order valence-electron chi connectivity index (χ0n) is 13.4. The summed E-state index contributed by atoms with van der Waals surface area (Å²) in [6.45, 7) is 1.56. The van der Waals surface area contributed by atoms with Crippen molar-refractivity contribution in [3.8, 4) is 0 Å². The molecule has 3 nitrogen and oxygen atoms in total. The second kappa shape index (κ2) is 6.05. The number of carbonyl (C=O) groups is 1. The maximum Gasteiger partial charge on any atom is 0.262 e. The topological polar surface area (TPSA) is 41.1 Å². The van der Waals surface area contributed by atoms with Crippen LogP contribution < -0.4 is 10.0 Å². The highest BCUT2D eigenvalue weighted by atomic mass is 32.2. The second-order valence-corrected chi connectivity index (χ2v) is 9.18. The van der Waals surface area contributed by atoms with E-state index in [4.69, 9.17) is 0 Å². The molecule has 0 bridgehead atoms. The third-order valence-corrected chi connectivity index (χ3v) is 7.76. The minimum absolute atomic E-state index is 0.0892. The van der Waals surface area contributed by atoms with Crippen LogP contribution in [0.15, 0.2) is 4.90 Å². The number of alkyl halides is 1. The summed E-state index contributed by atoms with van der Waals surface area (Å²) in [4.78, 5) is 15.9. The Morgan fingerprint density at radius 2 is 2.04 bits per heavy atom. The smallest absolute Gasteiger partial charge is 0.262 e. The van der Waals surface area contributed by atoms with Gasteiger partial charge in [0.25, 0.3) is 5.91 Å². The molecule has 0 aromatic carbocycles. The molecule has 2 unspecified atom stereocenters. The number of aryl methyl sites for hydroxylation is 1. The molecule has 2 fully saturated rings. The maximum atomic E-state index is 13.7. The molecule has 126 valence electrons. The zero-order valence-corrected chi connectivity index (χ0v) is 15.0. The lowest BCUT2D eigenvalue weighted by Gasteiger charge is -2.26. The van der Waals surface area contributed by atoms with Crippen LogP contribution in [0.4, 0.5) is 4.39 Å². The Kier molecular flexibility index (Phi) is 4.18. The molecule has 2 N–H and O–H groups in total. The Balaban J connectivity index is 1.54. The summed E-state index contributed by atoms with van der Waals surface area (Å²) in [5, 5.41) is 2.88. The van der Waals surface area contributed by atoms with Crippen LogP contribution >= 0.6 is 23.3 Å². The molecule has 1 aromatic heterocycles. The Hall–Kier alpha value is -0.590.